The lowest BCUT2D eigenvalue weighted by Gasteiger charge is -2.35. The number of urea groups is 1. The quantitative estimate of drug-likeness (QED) is 0.646. The Morgan fingerprint density at radius 1 is 1.41 bits per heavy atom. The monoisotopic (exact) mass is 304 g/mol. The van der Waals surface area contributed by atoms with E-state index in [-0.39, 0.29) is 17.3 Å². The largest absolute Gasteiger partial charge is 0.348 e. The van der Waals surface area contributed by atoms with Crippen LogP contribution in [0.15, 0.2) is 36.5 Å². The van der Waals surface area contributed by atoms with Crippen LogP contribution in [0.3, 0.4) is 0 Å². The summed E-state index contributed by atoms with van der Waals surface area (Å²) in [4.78, 5) is 35.8. The fraction of sp³-hybridized carbons (Fsp3) is 0.286. The molecule has 0 aliphatic carbocycles. The number of nitro groups is 1. The molecule has 1 aliphatic rings. The number of nitrogens with one attached hydrogen (secondary N) is 2. The van der Waals surface area contributed by atoms with Crippen molar-refractivity contribution in [3.8, 4) is 0 Å². The van der Waals surface area contributed by atoms with Crippen LogP contribution in [-0.4, -0.2) is 35.9 Å². The number of nitro benzene ring substituents is 1. The maximum absolute atomic E-state index is 12.4. The van der Waals surface area contributed by atoms with Crippen LogP contribution in [-0.2, 0) is 4.79 Å². The Kier molecular flexibility index (Phi) is 4.11. The number of hydrogen-bond donors (Lipinski definition) is 2. The summed E-state index contributed by atoms with van der Waals surface area (Å²) in [7, 11) is 3.19. The number of carbonyl (C=O) groups is 2. The van der Waals surface area contributed by atoms with Gasteiger partial charge in [0.1, 0.15) is 5.92 Å². The molecule has 0 unspecified atom stereocenters. The summed E-state index contributed by atoms with van der Waals surface area (Å²) in [6.07, 6.45) is 0. The van der Waals surface area contributed by atoms with Gasteiger partial charge in [0.25, 0.3) is 5.69 Å². The van der Waals surface area contributed by atoms with Crippen LogP contribution in [0.25, 0.3) is 0 Å². The van der Waals surface area contributed by atoms with E-state index in [1.165, 1.54) is 23.1 Å². The van der Waals surface area contributed by atoms with Crippen LogP contribution >= 0.6 is 0 Å². The highest BCUT2D eigenvalue weighted by molar-refractivity contribution is 5.87. The highest BCUT2D eigenvalue weighted by Crippen LogP contribution is 2.31. The molecule has 1 heterocycles. The topological polar surface area (TPSA) is 105 Å². The molecule has 1 aliphatic heterocycles. The van der Waals surface area contributed by atoms with Crippen molar-refractivity contribution in [3.05, 3.63) is 52.2 Å². The van der Waals surface area contributed by atoms with E-state index in [1.807, 2.05) is 0 Å². The van der Waals surface area contributed by atoms with E-state index in [1.54, 1.807) is 20.2 Å². The number of nitrogens with zero attached hydrogens (tertiary/aromatic N) is 2. The lowest BCUT2D eigenvalue weighted by molar-refractivity contribution is -0.384. The number of benzene rings is 1. The van der Waals surface area contributed by atoms with Gasteiger partial charge in [-0.3, -0.25) is 14.9 Å². The molecule has 8 heteroatoms. The molecule has 2 rings (SSSR count). The summed E-state index contributed by atoms with van der Waals surface area (Å²) in [6.45, 7) is 3.73. The van der Waals surface area contributed by atoms with E-state index < -0.39 is 22.9 Å². The normalized spacial score (nSPS) is 20.8. The molecule has 3 amide bonds. The number of non-ortho nitro benzene ring substituents is 1. The van der Waals surface area contributed by atoms with E-state index in [4.69, 9.17) is 0 Å². The van der Waals surface area contributed by atoms with Gasteiger partial charge in [-0.1, -0.05) is 18.7 Å². The molecule has 0 aromatic heterocycles. The van der Waals surface area contributed by atoms with Crippen molar-refractivity contribution in [2.24, 2.45) is 5.92 Å². The van der Waals surface area contributed by atoms with Crippen LogP contribution in [0, 0.1) is 16.0 Å². The zero-order valence-electron chi connectivity index (χ0n) is 12.2. The van der Waals surface area contributed by atoms with E-state index in [2.05, 4.69) is 17.2 Å². The number of rotatable bonds is 3. The molecular formula is C14H16N4O4. The first-order chi connectivity index (χ1) is 10.3. The minimum absolute atomic E-state index is 0.105. The smallest absolute Gasteiger partial charge is 0.319 e. The predicted molar refractivity (Wildman–Crippen MR) is 78.8 cm³/mol. The Hall–Kier alpha value is -2.90. The molecule has 22 heavy (non-hydrogen) atoms. The van der Waals surface area contributed by atoms with Crippen molar-refractivity contribution < 1.29 is 14.5 Å². The van der Waals surface area contributed by atoms with Gasteiger partial charge in [0, 0.05) is 31.9 Å². The summed E-state index contributed by atoms with van der Waals surface area (Å²) in [5.74, 6) is -0.997. The van der Waals surface area contributed by atoms with Gasteiger partial charge in [-0.25, -0.2) is 4.79 Å². The minimum atomic E-state index is -0.741. The van der Waals surface area contributed by atoms with Gasteiger partial charge in [-0.05, 0) is 5.56 Å². The first kappa shape index (κ1) is 15.5. The predicted octanol–water partition coefficient (Wildman–Crippen LogP) is 1.17. The van der Waals surface area contributed by atoms with Gasteiger partial charge in [-0.15, -0.1) is 0 Å². The lowest BCUT2D eigenvalue weighted by atomic mass is 9.88. The molecule has 1 fully saturated rings. The lowest BCUT2D eigenvalue weighted by Crippen LogP contribution is -2.52. The van der Waals surface area contributed by atoms with Crippen LogP contribution < -0.4 is 10.6 Å². The third kappa shape index (κ3) is 2.90. The maximum Gasteiger partial charge on any atom is 0.319 e. The third-order valence-electron chi connectivity index (χ3n) is 3.42. The highest BCUT2D eigenvalue weighted by Gasteiger charge is 2.38. The Morgan fingerprint density at radius 2 is 2.09 bits per heavy atom. The standard InChI is InChI=1S/C14H16N4O4/c1-8-11(13(19)17(2)3)12(16-14(20)15-8)9-5-4-6-10(7-9)18(21)22/h4-7,11-12H,1H2,2-3H3,(H2,15,16,20)/t11-,12+/m0/s1. The molecule has 8 nitrogen and oxygen atoms in total. The van der Waals surface area contributed by atoms with Gasteiger partial charge in [-0.2, -0.15) is 0 Å². The minimum Gasteiger partial charge on any atom is -0.348 e. The first-order valence-corrected chi connectivity index (χ1v) is 6.53. The van der Waals surface area contributed by atoms with Crippen molar-refractivity contribution in [1.82, 2.24) is 15.5 Å². The summed E-state index contributed by atoms with van der Waals surface area (Å²) in [5.41, 5.74) is 0.635. The van der Waals surface area contributed by atoms with Crippen molar-refractivity contribution in [3.63, 3.8) is 0 Å². The van der Waals surface area contributed by atoms with Gasteiger partial charge in [0.05, 0.1) is 11.0 Å². The summed E-state index contributed by atoms with van der Waals surface area (Å²) >= 11 is 0. The van der Waals surface area contributed by atoms with Gasteiger partial charge < -0.3 is 15.5 Å². The Labute approximate surface area is 126 Å². The van der Waals surface area contributed by atoms with Crippen LogP contribution in [0.4, 0.5) is 10.5 Å². The van der Waals surface area contributed by atoms with Crippen molar-refractivity contribution in [2.45, 2.75) is 6.04 Å². The van der Waals surface area contributed by atoms with Gasteiger partial charge in [0.2, 0.25) is 5.91 Å². The molecule has 2 N–H and O–H groups in total. The van der Waals surface area contributed by atoms with Crippen LogP contribution in [0.5, 0.6) is 0 Å². The molecular weight excluding hydrogens is 288 g/mol. The van der Waals surface area contributed by atoms with E-state index in [9.17, 15) is 19.7 Å². The molecule has 0 bridgehead atoms. The van der Waals surface area contributed by atoms with Crippen LogP contribution in [0.1, 0.15) is 11.6 Å². The highest BCUT2D eigenvalue weighted by atomic mass is 16.6. The molecule has 1 aromatic carbocycles. The molecule has 2 atom stereocenters. The van der Waals surface area contributed by atoms with Crippen LogP contribution in [0.2, 0.25) is 0 Å². The van der Waals surface area contributed by atoms with Gasteiger partial charge >= 0.3 is 6.03 Å². The first-order valence-electron chi connectivity index (χ1n) is 6.53. The fourth-order valence-electron chi connectivity index (χ4n) is 2.36. The van der Waals surface area contributed by atoms with E-state index in [0.717, 1.165) is 0 Å². The SMILES string of the molecule is C=C1NC(=O)N[C@H](c2cccc([N+](=O)[O-])c2)[C@H]1C(=O)N(C)C. The molecule has 0 saturated carbocycles. The molecule has 0 radical (unpaired) electrons. The zero-order chi connectivity index (χ0) is 16.4. The molecule has 1 saturated heterocycles. The average molecular weight is 304 g/mol. The Bertz CT molecular complexity index is 656. The molecule has 1 aromatic rings. The molecule has 116 valence electrons. The molecule has 0 spiro atoms. The number of hydrogen-bond acceptors (Lipinski definition) is 4. The second kappa shape index (κ2) is 5.84. The van der Waals surface area contributed by atoms with E-state index >= 15 is 0 Å². The number of amides is 3. The fourth-order valence-corrected chi connectivity index (χ4v) is 2.36. The number of carbonyl (C=O) groups excluding carboxylic acids is 2. The third-order valence-corrected chi connectivity index (χ3v) is 3.42. The summed E-state index contributed by atoms with van der Waals surface area (Å²) in [5, 5.41) is 16.0. The van der Waals surface area contributed by atoms with Crippen molar-refractivity contribution in [2.75, 3.05) is 14.1 Å². The van der Waals surface area contributed by atoms with E-state index in [0.29, 0.717) is 5.56 Å². The zero-order valence-corrected chi connectivity index (χ0v) is 12.2. The van der Waals surface area contributed by atoms with Crippen molar-refractivity contribution >= 4 is 17.6 Å². The maximum atomic E-state index is 12.4. The second-order valence-corrected chi connectivity index (χ2v) is 5.16. The average Bonchev–Trinajstić information content (AvgIpc) is 2.45. The summed E-state index contributed by atoms with van der Waals surface area (Å²) < 4.78 is 0. The Balaban J connectivity index is 2.45. The van der Waals surface area contributed by atoms with Gasteiger partial charge in [0.15, 0.2) is 0 Å². The summed E-state index contributed by atoms with van der Waals surface area (Å²) in [6, 6.07) is 4.64. The Morgan fingerprint density at radius 3 is 2.68 bits per heavy atom. The second-order valence-electron chi connectivity index (χ2n) is 5.16. The van der Waals surface area contributed by atoms with Crippen molar-refractivity contribution in [1.29, 1.82) is 0 Å².